The highest BCUT2D eigenvalue weighted by Gasteiger charge is 2.14. The molecule has 0 heterocycles. The zero-order valence-corrected chi connectivity index (χ0v) is 12.6. The van der Waals surface area contributed by atoms with Crippen LogP contribution in [0.2, 0.25) is 0 Å². The molecule has 1 aliphatic rings. The number of allylic oxidation sites excluding steroid dienone is 3. The molecule has 3 heteroatoms. The number of aryl methyl sites for hydroxylation is 1. The van der Waals surface area contributed by atoms with E-state index in [1.165, 1.54) is 11.1 Å². The second-order valence-electron chi connectivity index (χ2n) is 4.95. The van der Waals surface area contributed by atoms with Crippen molar-refractivity contribution in [2.75, 3.05) is 7.05 Å². The molecule has 0 aliphatic heterocycles. The Labute approximate surface area is 120 Å². The molecule has 0 unspecified atom stereocenters. The minimum absolute atomic E-state index is 0.785. The summed E-state index contributed by atoms with van der Waals surface area (Å²) in [5.41, 5.74) is 13.1. The first-order valence-electron chi connectivity index (χ1n) is 6.87. The Morgan fingerprint density at radius 3 is 2.50 bits per heavy atom. The molecule has 20 heavy (non-hydrogen) atoms. The normalized spacial score (nSPS) is 19.2. The van der Waals surface area contributed by atoms with Crippen LogP contribution in [0.25, 0.3) is 0 Å². The SMILES string of the molecule is CCC1=CC(=Nc2cccc(C)c2C)C(=NC)C=C1N. The standard InChI is InChI=1S/C17H21N3/c1-5-13-9-17(16(19-4)10-14(13)18)20-15-8-6-7-11(2)12(15)3/h6-10H,5,18H2,1-4H3. The molecule has 1 aromatic rings. The summed E-state index contributed by atoms with van der Waals surface area (Å²) in [6, 6.07) is 6.16. The fourth-order valence-electron chi connectivity index (χ4n) is 2.20. The summed E-state index contributed by atoms with van der Waals surface area (Å²) < 4.78 is 0. The van der Waals surface area contributed by atoms with Gasteiger partial charge in [0.15, 0.2) is 0 Å². The van der Waals surface area contributed by atoms with Gasteiger partial charge in [-0.1, -0.05) is 19.1 Å². The van der Waals surface area contributed by atoms with Gasteiger partial charge in [-0.3, -0.25) is 4.99 Å². The van der Waals surface area contributed by atoms with Crippen LogP contribution in [0.4, 0.5) is 5.69 Å². The molecule has 2 N–H and O–H groups in total. The molecule has 3 nitrogen and oxygen atoms in total. The highest BCUT2D eigenvalue weighted by atomic mass is 14.8. The van der Waals surface area contributed by atoms with Gasteiger partial charge in [-0.05, 0) is 55.2 Å². The van der Waals surface area contributed by atoms with Crippen molar-refractivity contribution in [3.63, 3.8) is 0 Å². The molecule has 1 aromatic carbocycles. The molecule has 0 spiro atoms. The maximum Gasteiger partial charge on any atom is 0.0893 e. The number of nitrogens with zero attached hydrogens (tertiary/aromatic N) is 2. The largest absolute Gasteiger partial charge is 0.398 e. The molecule has 2 rings (SSSR count). The molecule has 1 aliphatic carbocycles. The fraction of sp³-hybridized carbons (Fsp3) is 0.294. The van der Waals surface area contributed by atoms with E-state index in [-0.39, 0.29) is 0 Å². The second-order valence-corrected chi connectivity index (χ2v) is 4.95. The van der Waals surface area contributed by atoms with E-state index < -0.39 is 0 Å². The van der Waals surface area contributed by atoms with Gasteiger partial charge < -0.3 is 5.73 Å². The van der Waals surface area contributed by atoms with Gasteiger partial charge in [-0.25, -0.2) is 4.99 Å². The van der Waals surface area contributed by atoms with Crippen molar-refractivity contribution in [3.8, 4) is 0 Å². The van der Waals surface area contributed by atoms with Crippen LogP contribution in [-0.2, 0) is 0 Å². The summed E-state index contributed by atoms with van der Waals surface area (Å²) in [4.78, 5) is 9.05. The average Bonchev–Trinajstić information content (AvgIpc) is 2.45. The molecule has 0 fully saturated rings. The molecule has 0 radical (unpaired) electrons. The Bertz CT molecular complexity index is 646. The minimum atomic E-state index is 0.785. The average molecular weight is 267 g/mol. The number of benzene rings is 1. The predicted molar refractivity (Wildman–Crippen MR) is 87.0 cm³/mol. The van der Waals surface area contributed by atoms with Crippen molar-refractivity contribution in [2.24, 2.45) is 15.7 Å². The van der Waals surface area contributed by atoms with Gasteiger partial charge in [-0.15, -0.1) is 0 Å². The third-order valence-corrected chi connectivity index (χ3v) is 3.68. The van der Waals surface area contributed by atoms with Crippen LogP contribution in [-0.4, -0.2) is 18.5 Å². The predicted octanol–water partition coefficient (Wildman–Crippen LogP) is 3.64. The third kappa shape index (κ3) is 2.72. The van der Waals surface area contributed by atoms with Gasteiger partial charge in [0.2, 0.25) is 0 Å². The maximum absolute atomic E-state index is 6.02. The Morgan fingerprint density at radius 2 is 1.85 bits per heavy atom. The highest BCUT2D eigenvalue weighted by Crippen LogP contribution is 2.23. The molecular formula is C17H21N3. The third-order valence-electron chi connectivity index (χ3n) is 3.68. The molecule has 0 bridgehead atoms. The Morgan fingerprint density at radius 1 is 1.10 bits per heavy atom. The van der Waals surface area contributed by atoms with Gasteiger partial charge in [-0.2, -0.15) is 0 Å². The highest BCUT2D eigenvalue weighted by molar-refractivity contribution is 6.51. The number of nitrogens with two attached hydrogens (primary N) is 1. The molecule has 0 saturated carbocycles. The molecule has 0 amide bonds. The van der Waals surface area contributed by atoms with Crippen molar-refractivity contribution < 1.29 is 0 Å². The second kappa shape index (κ2) is 5.87. The topological polar surface area (TPSA) is 50.7 Å². The molecule has 104 valence electrons. The van der Waals surface area contributed by atoms with Crippen LogP contribution in [0.3, 0.4) is 0 Å². The van der Waals surface area contributed by atoms with E-state index in [4.69, 9.17) is 10.7 Å². The Hall–Kier alpha value is -2.16. The first-order valence-corrected chi connectivity index (χ1v) is 6.87. The molecular weight excluding hydrogens is 246 g/mol. The monoisotopic (exact) mass is 267 g/mol. The Kier molecular flexibility index (Phi) is 4.18. The maximum atomic E-state index is 6.02. The summed E-state index contributed by atoms with van der Waals surface area (Å²) >= 11 is 0. The minimum Gasteiger partial charge on any atom is -0.398 e. The summed E-state index contributed by atoms with van der Waals surface area (Å²) in [6.45, 7) is 6.28. The molecule has 0 atom stereocenters. The fourth-order valence-corrected chi connectivity index (χ4v) is 2.20. The lowest BCUT2D eigenvalue weighted by molar-refractivity contribution is 1.09. The summed E-state index contributed by atoms with van der Waals surface area (Å²) in [5.74, 6) is 0. The molecule has 0 saturated heterocycles. The van der Waals surface area contributed by atoms with Gasteiger partial charge in [0.25, 0.3) is 0 Å². The first kappa shape index (κ1) is 14.3. The van der Waals surface area contributed by atoms with Crippen LogP contribution in [0.15, 0.2) is 51.6 Å². The Balaban J connectivity index is 2.52. The lowest BCUT2D eigenvalue weighted by Crippen LogP contribution is -2.19. The summed E-state index contributed by atoms with van der Waals surface area (Å²) in [5, 5.41) is 0. The van der Waals surface area contributed by atoms with E-state index in [1.807, 2.05) is 24.3 Å². The van der Waals surface area contributed by atoms with E-state index in [0.717, 1.165) is 34.8 Å². The smallest absolute Gasteiger partial charge is 0.0893 e. The number of aliphatic imine (C=N–C) groups is 2. The quantitative estimate of drug-likeness (QED) is 0.817. The van der Waals surface area contributed by atoms with Crippen LogP contribution in [0.1, 0.15) is 24.5 Å². The van der Waals surface area contributed by atoms with Crippen LogP contribution in [0, 0.1) is 13.8 Å². The van der Waals surface area contributed by atoms with Gasteiger partial charge in [0.05, 0.1) is 17.1 Å². The summed E-state index contributed by atoms with van der Waals surface area (Å²) in [7, 11) is 1.77. The lowest BCUT2D eigenvalue weighted by Gasteiger charge is -2.14. The lowest BCUT2D eigenvalue weighted by atomic mass is 9.98. The first-order chi connectivity index (χ1) is 9.56. The van der Waals surface area contributed by atoms with Crippen molar-refractivity contribution in [2.45, 2.75) is 27.2 Å². The van der Waals surface area contributed by atoms with Gasteiger partial charge >= 0.3 is 0 Å². The van der Waals surface area contributed by atoms with Crippen molar-refractivity contribution >= 4 is 17.1 Å². The van der Waals surface area contributed by atoms with E-state index in [0.29, 0.717) is 0 Å². The zero-order chi connectivity index (χ0) is 14.7. The van der Waals surface area contributed by atoms with E-state index in [2.05, 4.69) is 31.8 Å². The van der Waals surface area contributed by atoms with Crippen LogP contribution < -0.4 is 5.73 Å². The number of hydrogen-bond acceptors (Lipinski definition) is 3. The van der Waals surface area contributed by atoms with E-state index in [9.17, 15) is 0 Å². The van der Waals surface area contributed by atoms with E-state index >= 15 is 0 Å². The van der Waals surface area contributed by atoms with Crippen molar-refractivity contribution in [3.05, 3.63) is 52.7 Å². The van der Waals surface area contributed by atoms with Crippen molar-refractivity contribution in [1.29, 1.82) is 0 Å². The van der Waals surface area contributed by atoms with Crippen LogP contribution >= 0.6 is 0 Å². The molecule has 0 aromatic heterocycles. The van der Waals surface area contributed by atoms with Crippen molar-refractivity contribution in [1.82, 2.24) is 0 Å². The number of rotatable bonds is 2. The van der Waals surface area contributed by atoms with E-state index in [1.54, 1.807) is 7.05 Å². The number of hydrogen-bond donors (Lipinski definition) is 1. The zero-order valence-electron chi connectivity index (χ0n) is 12.6. The van der Waals surface area contributed by atoms with Crippen LogP contribution in [0.5, 0.6) is 0 Å². The van der Waals surface area contributed by atoms with Gasteiger partial charge in [0.1, 0.15) is 0 Å². The summed E-state index contributed by atoms with van der Waals surface area (Å²) in [6.07, 6.45) is 4.84. The van der Waals surface area contributed by atoms with Gasteiger partial charge in [0, 0.05) is 12.7 Å².